The number of carbonyl (C=O) groups excluding carboxylic acids is 2. The molecule has 13 heteroatoms. The van der Waals surface area contributed by atoms with E-state index in [0.717, 1.165) is 13.8 Å². The molecule has 0 saturated carbocycles. The van der Waals surface area contributed by atoms with Crippen molar-refractivity contribution >= 4 is 35.0 Å². The van der Waals surface area contributed by atoms with Crippen molar-refractivity contribution < 1.29 is 60.7 Å². The molecule has 8 N–H and O–H groups in total. The molecule has 0 unspecified atom stereocenters. The predicted molar refractivity (Wildman–Crippen MR) is 75.2 cm³/mol. The number of aliphatic hydroxyl groups excluding tert-OH is 8. The Hall–Kier alpha value is -0.614. The summed E-state index contributed by atoms with van der Waals surface area (Å²) in [6.07, 6.45) is -14.4. The van der Waals surface area contributed by atoms with Crippen LogP contribution >= 0.6 is 0 Å². The van der Waals surface area contributed by atoms with Crippen LogP contribution in [0.1, 0.15) is 13.8 Å². The van der Waals surface area contributed by atoms with Crippen molar-refractivity contribution in [2.24, 2.45) is 0 Å². The number of carboxylic acids is 2. The summed E-state index contributed by atoms with van der Waals surface area (Å²) in [4.78, 5) is 19.9. The summed E-state index contributed by atoms with van der Waals surface area (Å²) in [5.41, 5.74) is 0. The SMILES string of the molecule is C[C@H](O)[C@H](O)[C@@H](O)[C@@H](O)C(=O)[O-].C[C@H](O)[C@H](O)[C@@H](O)[C@@H](O)C(=O)[O-].[Mg+2]. The van der Waals surface area contributed by atoms with E-state index in [1.165, 1.54) is 0 Å². The topological polar surface area (TPSA) is 242 Å². The second kappa shape index (κ2) is 13.6. The first kappa shape index (κ1) is 29.2. The van der Waals surface area contributed by atoms with Gasteiger partial charge in [-0.05, 0) is 13.8 Å². The fourth-order valence-electron chi connectivity index (χ4n) is 1.22. The standard InChI is InChI=1S/2C6H12O6.Mg/c2*1-2(7)3(8)4(9)5(10)6(11)12;/h2*2-5,7-10H,1H3,(H,11,12);/q;;+2/p-2/t2*2-,3-,4+,5+;/m00./s1. The third-order valence-electron chi connectivity index (χ3n) is 2.82. The van der Waals surface area contributed by atoms with Crippen molar-refractivity contribution in [3.05, 3.63) is 0 Å². The van der Waals surface area contributed by atoms with Gasteiger partial charge in [0.25, 0.3) is 0 Å². The molecular formula is C12H22MgO12. The molecule has 0 heterocycles. The molecule has 0 aromatic carbocycles. The second-order valence-electron chi connectivity index (χ2n) is 4.97. The van der Waals surface area contributed by atoms with Crippen LogP contribution in [-0.2, 0) is 9.59 Å². The zero-order valence-electron chi connectivity index (χ0n) is 13.5. The van der Waals surface area contributed by atoms with Crippen LogP contribution in [0, 0.1) is 0 Å². The van der Waals surface area contributed by atoms with Crippen molar-refractivity contribution in [1.82, 2.24) is 0 Å². The van der Waals surface area contributed by atoms with Crippen LogP contribution in [0.25, 0.3) is 0 Å². The Balaban J connectivity index is -0.000000372. The van der Waals surface area contributed by atoms with Crippen molar-refractivity contribution in [1.29, 1.82) is 0 Å². The number of hydrogen-bond donors (Lipinski definition) is 8. The minimum atomic E-state index is -2.20. The van der Waals surface area contributed by atoms with Gasteiger partial charge in [0.2, 0.25) is 0 Å². The van der Waals surface area contributed by atoms with E-state index < -0.39 is 60.8 Å². The molecule has 0 fully saturated rings. The van der Waals surface area contributed by atoms with Crippen LogP contribution in [0.4, 0.5) is 0 Å². The van der Waals surface area contributed by atoms with Gasteiger partial charge in [0, 0.05) is 0 Å². The van der Waals surface area contributed by atoms with Crippen LogP contribution in [0.2, 0.25) is 0 Å². The smallest absolute Gasteiger partial charge is 0.547 e. The van der Waals surface area contributed by atoms with Crippen molar-refractivity contribution in [3.63, 3.8) is 0 Å². The fraction of sp³-hybridized carbons (Fsp3) is 0.833. The molecule has 0 saturated heterocycles. The number of rotatable bonds is 8. The Morgan fingerprint density at radius 2 is 0.800 bits per heavy atom. The van der Waals surface area contributed by atoms with E-state index >= 15 is 0 Å². The van der Waals surface area contributed by atoms with Gasteiger partial charge in [-0.3, -0.25) is 0 Å². The van der Waals surface area contributed by atoms with Crippen LogP contribution < -0.4 is 10.2 Å². The number of aliphatic hydroxyl groups is 8. The molecule has 0 spiro atoms. The third-order valence-corrected chi connectivity index (χ3v) is 2.82. The van der Waals surface area contributed by atoms with Gasteiger partial charge in [0.05, 0.1) is 24.1 Å². The van der Waals surface area contributed by atoms with E-state index in [4.69, 9.17) is 40.9 Å². The van der Waals surface area contributed by atoms with Crippen LogP contribution in [0.15, 0.2) is 0 Å². The molecule has 0 radical (unpaired) electrons. The number of hydrogen-bond acceptors (Lipinski definition) is 12. The van der Waals surface area contributed by atoms with Gasteiger partial charge >= 0.3 is 23.1 Å². The molecule has 0 bridgehead atoms. The molecule has 12 nitrogen and oxygen atoms in total. The summed E-state index contributed by atoms with van der Waals surface area (Å²) in [6, 6.07) is 0. The number of aliphatic carboxylic acids is 2. The summed E-state index contributed by atoms with van der Waals surface area (Å²) in [5, 5.41) is 90.0. The molecule has 0 amide bonds. The maximum atomic E-state index is 9.95. The predicted octanol–water partition coefficient (Wildman–Crippen LogP) is -7.98. The summed E-state index contributed by atoms with van der Waals surface area (Å²) < 4.78 is 0. The third kappa shape index (κ3) is 10.9. The van der Waals surface area contributed by atoms with Gasteiger partial charge in [0.15, 0.2) is 0 Å². The first-order valence-corrected chi connectivity index (χ1v) is 6.61. The van der Waals surface area contributed by atoms with Gasteiger partial charge in [-0.2, -0.15) is 0 Å². The molecule has 0 rings (SSSR count). The average Bonchev–Trinajstić information content (AvgIpc) is 2.50. The quantitative estimate of drug-likeness (QED) is 0.182. The molecule has 25 heavy (non-hydrogen) atoms. The normalized spacial score (nSPS) is 20.2. The maximum absolute atomic E-state index is 9.95. The Bertz CT molecular complexity index is 354. The van der Waals surface area contributed by atoms with Crippen molar-refractivity contribution in [2.75, 3.05) is 0 Å². The molecule has 0 aliphatic carbocycles. The minimum absolute atomic E-state index is 0. The number of carbonyl (C=O) groups is 2. The molecule has 144 valence electrons. The first-order chi connectivity index (χ1) is 10.7. The van der Waals surface area contributed by atoms with E-state index in [0.29, 0.717) is 0 Å². The monoisotopic (exact) mass is 382 g/mol. The summed E-state index contributed by atoms with van der Waals surface area (Å²) in [6.45, 7) is 2.30. The maximum Gasteiger partial charge on any atom is 2.00 e. The van der Waals surface area contributed by atoms with Crippen molar-refractivity contribution in [2.45, 2.75) is 62.7 Å². The summed E-state index contributed by atoms with van der Waals surface area (Å²) >= 11 is 0. The zero-order chi connectivity index (χ0) is 19.8. The van der Waals surface area contributed by atoms with Gasteiger partial charge < -0.3 is 60.7 Å². The first-order valence-electron chi connectivity index (χ1n) is 6.61. The van der Waals surface area contributed by atoms with E-state index in [1.54, 1.807) is 0 Å². The van der Waals surface area contributed by atoms with Gasteiger partial charge in [-0.25, -0.2) is 0 Å². The molecule has 0 aliphatic rings. The Kier molecular flexibility index (Phi) is 15.8. The van der Waals surface area contributed by atoms with Crippen LogP contribution in [-0.4, -0.2) is 125 Å². The zero-order valence-corrected chi connectivity index (χ0v) is 15.0. The van der Waals surface area contributed by atoms with E-state index in [9.17, 15) is 19.8 Å². The van der Waals surface area contributed by atoms with Gasteiger partial charge in [0.1, 0.15) is 36.6 Å². The molecule has 8 atom stereocenters. The van der Waals surface area contributed by atoms with Crippen LogP contribution in [0.3, 0.4) is 0 Å². The minimum Gasteiger partial charge on any atom is -0.547 e. The van der Waals surface area contributed by atoms with Crippen LogP contribution in [0.5, 0.6) is 0 Å². The average molecular weight is 383 g/mol. The Morgan fingerprint density at radius 3 is 0.920 bits per heavy atom. The summed E-state index contributed by atoms with van der Waals surface area (Å²) in [7, 11) is 0. The Labute approximate surface area is 158 Å². The molecule has 0 aliphatic heterocycles. The Morgan fingerprint density at radius 1 is 0.600 bits per heavy atom. The molecule has 0 aromatic rings. The fourth-order valence-corrected chi connectivity index (χ4v) is 1.22. The van der Waals surface area contributed by atoms with E-state index in [-0.39, 0.29) is 23.1 Å². The van der Waals surface area contributed by atoms with E-state index in [2.05, 4.69) is 0 Å². The largest absolute Gasteiger partial charge is 2.00 e. The van der Waals surface area contributed by atoms with Gasteiger partial charge in [-0.1, -0.05) is 0 Å². The molecular weight excluding hydrogens is 360 g/mol. The number of carboxylic acid groups (broad SMARTS) is 2. The summed E-state index contributed by atoms with van der Waals surface area (Å²) in [5.74, 6) is -3.80. The van der Waals surface area contributed by atoms with Gasteiger partial charge in [-0.15, -0.1) is 0 Å². The van der Waals surface area contributed by atoms with E-state index in [1.807, 2.05) is 0 Å². The second-order valence-corrected chi connectivity index (χ2v) is 4.97. The van der Waals surface area contributed by atoms with Crippen molar-refractivity contribution in [3.8, 4) is 0 Å². The molecule has 0 aromatic heterocycles.